The number of piperidine rings is 1. The average molecular weight is 414 g/mol. The van der Waals surface area contributed by atoms with E-state index in [0.717, 1.165) is 63.2 Å². The van der Waals surface area contributed by atoms with Crippen LogP contribution in [0.15, 0.2) is 18.3 Å². The summed E-state index contributed by atoms with van der Waals surface area (Å²) >= 11 is 6.25. The molecule has 1 amide bonds. The molecule has 0 aromatic carbocycles. The maximum atomic E-state index is 12.8. The van der Waals surface area contributed by atoms with Gasteiger partial charge >= 0.3 is 0 Å². The second-order valence-corrected chi connectivity index (χ2v) is 8.35. The molecule has 2 aliphatic rings. The van der Waals surface area contributed by atoms with Crippen LogP contribution in [-0.2, 0) is 11.8 Å². The Morgan fingerprint density at radius 2 is 2.00 bits per heavy atom. The molecule has 1 N–H and O–H groups in total. The summed E-state index contributed by atoms with van der Waals surface area (Å²) in [6, 6.07) is 3.94. The molecule has 0 spiro atoms. The quantitative estimate of drug-likeness (QED) is 0.713. The summed E-state index contributed by atoms with van der Waals surface area (Å²) in [5.41, 5.74) is 2.09. The lowest BCUT2D eigenvalue weighted by Gasteiger charge is -2.34. The molecule has 5 heterocycles. The lowest BCUT2D eigenvalue weighted by atomic mass is 9.96. The van der Waals surface area contributed by atoms with Crippen molar-refractivity contribution in [3.05, 3.63) is 23.4 Å². The van der Waals surface area contributed by atoms with Crippen molar-refractivity contribution in [2.75, 3.05) is 31.1 Å². The molecule has 29 heavy (non-hydrogen) atoms. The SMILES string of the molecule is Cn1cc(Cl)c(-c2nc3ccc(N4CCC[C@@H](C(=O)N5CCCC5)C4)nc3[nH]2)n1. The first kappa shape index (κ1) is 18.4. The minimum atomic E-state index is 0.0593. The van der Waals surface area contributed by atoms with E-state index in [0.29, 0.717) is 28.1 Å². The first-order chi connectivity index (χ1) is 14.1. The number of halogens is 1. The highest BCUT2D eigenvalue weighted by molar-refractivity contribution is 6.32. The van der Waals surface area contributed by atoms with Crippen molar-refractivity contribution in [1.29, 1.82) is 0 Å². The third-order valence-electron chi connectivity index (χ3n) is 5.85. The van der Waals surface area contributed by atoms with Crippen molar-refractivity contribution < 1.29 is 4.79 Å². The van der Waals surface area contributed by atoms with Gasteiger partial charge in [0.15, 0.2) is 11.5 Å². The topological polar surface area (TPSA) is 82.9 Å². The molecule has 0 radical (unpaired) electrons. The van der Waals surface area contributed by atoms with Gasteiger partial charge in [0.25, 0.3) is 0 Å². The Labute approximate surface area is 173 Å². The van der Waals surface area contributed by atoms with Gasteiger partial charge in [0.05, 0.1) is 10.9 Å². The van der Waals surface area contributed by atoms with E-state index in [9.17, 15) is 4.79 Å². The summed E-state index contributed by atoms with van der Waals surface area (Å²) < 4.78 is 1.66. The number of hydrogen-bond donors (Lipinski definition) is 1. The van der Waals surface area contributed by atoms with E-state index in [-0.39, 0.29) is 5.92 Å². The Morgan fingerprint density at radius 3 is 2.76 bits per heavy atom. The van der Waals surface area contributed by atoms with Crippen molar-refractivity contribution in [2.24, 2.45) is 13.0 Å². The van der Waals surface area contributed by atoms with Gasteiger partial charge in [-0.1, -0.05) is 11.6 Å². The molecule has 0 bridgehead atoms. The first-order valence-corrected chi connectivity index (χ1v) is 10.6. The summed E-state index contributed by atoms with van der Waals surface area (Å²) in [7, 11) is 1.82. The molecule has 2 aliphatic heterocycles. The van der Waals surface area contributed by atoms with Gasteiger partial charge in [-0.2, -0.15) is 5.10 Å². The molecule has 2 saturated heterocycles. The molecule has 0 aliphatic carbocycles. The number of carbonyl (C=O) groups is 1. The number of imidazole rings is 1. The Morgan fingerprint density at radius 1 is 1.17 bits per heavy atom. The van der Waals surface area contributed by atoms with Crippen LogP contribution < -0.4 is 4.90 Å². The van der Waals surface area contributed by atoms with Crippen LogP contribution in [0.25, 0.3) is 22.7 Å². The van der Waals surface area contributed by atoms with E-state index >= 15 is 0 Å². The Bertz CT molecular complexity index is 1050. The lowest BCUT2D eigenvalue weighted by molar-refractivity contribution is -0.134. The minimum Gasteiger partial charge on any atom is -0.356 e. The van der Waals surface area contributed by atoms with Crippen LogP contribution in [0, 0.1) is 5.92 Å². The number of fused-ring (bicyclic) bond motifs is 1. The number of aromatic nitrogens is 5. The third-order valence-corrected chi connectivity index (χ3v) is 6.13. The predicted octanol–water partition coefficient (Wildman–Crippen LogP) is 2.85. The van der Waals surface area contributed by atoms with Gasteiger partial charge < -0.3 is 14.8 Å². The maximum absolute atomic E-state index is 12.8. The number of hydrogen-bond acceptors (Lipinski definition) is 5. The number of nitrogens with zero attached hydrogens (tertiary/aromatic N) is 6. The maximum Gasteiger partial charge on any atom is 0.227 e. The number of amides is 1. The number of carbonyl (C=O) groups excluding carboxylic acids is 1. The second kappa shape index (κ2) is 7.33. The predicted molar refractivity (Wildman–Crippen MR) is 112 cm³/mol. The van der Waals surface area contributed by atoms with Gasteiger partial charge in [-0.05, 0) is 37.8 Å². The number of aromatic amines is 1. The molecule has 5 rings (SSSR count). The van der Waals surface area contributed by atoms with Gasteiger partial charge in [-0.15, -0.1) is 0 Å². The van der Waals surface area contributed by atoms with Crippen LogP contribution in [0.3, 0.4) is 0 Å². The van der Waals surface area contributed by atoms with Gasteiger partial charge in [0, 0.05) is 39.4 Å². The highest BCUT2D eigenvalue weighted by atomic mass is 35.5. The fraction of sp³-hybridized carbons (Fsp3) is 0.500. The Kier molecular flexibility index (Phi) is 4.66. The van der Waals surface area contributed by atoms with Crippen LogP contribution in [0.4, 0.5) is 5.82 Å². The highest BCUT2D eigenvalue weighted by Gasteiger charge is 2.31. The molecule has 1 atom stereocenters. The largest absolute Gasteiger partial charge is 0.356 e. The van der Waals surface area contributed by atoms with Gasteiger partial charge in [0.2, 0.25) is 5.91 Å². The standard InChI is InChI=1S/C20H24ClN7O/c1-26-12-14(21)17(25-26)19-22-15-6-7-16(23-18(15)24-19)28-10-4-5-13(11-28)20(29)27-8-2-3-9-27/h6-7,12-13H,2-5,8-11H2,1H3,(H,22,23,24)/t13-/m1/s1. The fourth-order valence-corrected chi connectivity index (χ4v) is 4.64. The zero-order chi connectivity index (χ0) is 20.0. The van der Waals surface area contributed by atoms with E-state index in [4.69, 9.17) is 16.6 Å². The summed E-state index contributed by atoms with van der Waals surface area (Å²) in [6.07, 6.45) is 5.96. The van der Waals surface area contributed by atoms with E-state index in [1.807, 2.05) is 24.1 Å². The minimum absolute atomic E-state index is 0.0593. The van der Waals surface area contributed by atoms with E-state index in [2.05, 4.69) is 20.0 Å². The summed E-state index contributed by atoms with van der Waals surface area (Å²) in [4.78, 5) is 29.7. The van der Waals surface area contributed by atoms with Crippen LogP contribution in [-0.4, -0.2) is 61.7 Å². The van der Waals surface area contributed by atoms with Crippen molar-refractivity contribution in [3.8, 4) is 11.5 Å². The van der Waals surface area contributed by atoms with Gasteiger partial charge in [-0.3, -0.25) is 9.48 Å². The lowest BCUT2D eigenvalue weighted by Crippen LogP contribution is -2.44. The highest BCUT2D eigenvalue weighted by Crippen LogP contribution is 2.28. The number of likely N-dealkylation sites (tertiary alicyclic amines) is 1. The van der Waals surface area contributed by atoms with E-state index in [1.165, 1.54) is 0 Å². The van der Waals surface area contributed by atoms with Crippen LogP contribution in [0.2, 0.25) is 5.02 Å². The monoisotopic (exact) mass is 413 g/mol. The first-order valence-electron chi connectivity index (χ1n) is 10.2. The Hall–Kier alpha value is -2.61. The summed E-state index contributed by atoms with van der Waals surface area (Å²) in [5.74, 6) is 1.85. The third kappa shape index (κ3) is 3.46. The molecule has 0 saturated carbocycles. The zero-order valence-electron chi connectivity index (χ0n) is 16.4. The molecular weight excluding hydrogens is 390 g/mol. The summed E-state index contributed by atoms with van der Waals surface area (Å²) in [5, 5.41) is 4.91. The van der Waals surface area contributed by atoms with Crippen LogP contribution >= 0.6 is 11.6 Å². The fourth-order valence-electron chi connectivity index (χ4n) is 4.38. The molecule has 8 nitrogen and oxygen atoms in total. The molecule has 9 heteroatoms. The Balaban J connectivity index is 1.38. The van der Waals surface area contributed by atoms with Crippen LogP contribution in [0.5, 0.6) is 0 Å². The van der Waals surface area contributed by atoms with E-state index < -0.39 is 0 Å². The van der Waals surface area contributed by atoms with Crippen molar-refractivity contribution in [1.82, 2.24) is 29.6 Å². The van der Waals surface area contributed by atoms with Crippen molar-refractivity contribution >= 4 is 34.5 Å². The van der Waals surface area contributed by atoms with Gasteiger partial charge in [0.1, 0.15) is 17.0 Å². The number of anilines is 1. The zero-order valence-corrected chi connectivity index (χ0v) is 17.2. The number of pyridine rings is 1. The van der Waals surface area contributed by atoms with Crippen molar-refractivity contribution in [2.45, 2.75) is 25.7 Å². The van der Waals surface area contributed by atoms with Crippen LogP contribution in [0.1, 0.15) is 25.7 Å². The molecule has 3 aromatic heterocycles. The molecule has 0 unspecified atom stereocenters. The van der Waals surface area contributed by atoms with Gasteiger partial charge in [-0.25, -0.2) is 9.97 Å². The normalized spacial score (nSPS) is 20.0. The molecule has 152 valence electrons. The second-order valence-electron chi connectivity index (χ2n) is 7.94. The summed E-state index contributed by atoms with van der Waals surface area (Å²) in [6.45, 7) is 3.45. The number of aryl methyl sites for hydroxylation is 1. The average Bonchev–Trinajstić information content (AvgIpc) is 3.46. The molecular formula is C20H24ClN7O. The van der Waals surface area contributed by atoms with E-state index in [1.54, 1.807) is 10.9 Å². The van der Waals surface area contributed by atoms with Crippen molar-refractivity contribution in [3.63, 3.8) is 0 Å². The number of rotatable bonds is 3. The molecule has 3 aromatic rings. The smallest absolute Gasteiger partial charge is 0.227 e. The number of H-pyrrole nitrogens is 1. The number of nitrogens with one attached hydrogen (secondary N) is 1. The molecule has 2 fully saturated rings.